The summed E-state index contributed by atoms with van der Waals surface area (Å²) in [7, 11) is 1.21. The SMILES string of the molecule is C=C[C@H]1[C@H](O[C@@H]2O[C@H](COC(C)=O)[C@@H](OC(C)=O)[C@H](OC(C)=O)[C@H]2OC(C)=O)OC=C(C(=O)OC)[C@H]1C[C@H]1CC(=O)C[C@H](CCc2ccc(OC(C)=O)cc2)O1. The van der Waals surface area contributed by atoms with Gasteiger partial charge in [0.05, 0.1) is 31.2 Å². The molecule has 0 aromatic heterocycles. The van der Waals surface area contributed by atoms with Gasteiger partial charge in [0.15, 0.2) is 18.3 Å². The second-order valence-electron chi connectivity index (χ2n) is 13.5. The zero-order chi connectivity index (χ0) is 41.1. The number of carbonyl (C=O) groups excluding carboxylic acids is 7. The lowest BCUT2D eigenvalue weighted by molar-refractivity contribution is -0.342. The molecule has 56 heavy (non-hydrogen) atoms. The van der Waals surface area contributed by atoms with Crippen molar-refractivity contribution in [3.05, 3.63) is 54.3 Å². The van der Waals surface area contributed by atoms with Crippen molar-refractivity contribution in [1.29, 1.82) is 0 Å². The van der Waals surface area contributed by atoms with E-state index in [2.05, 4.69) is 6.58 Å². The van der Waals surface area contributed by atoms with Gasteiger partial charge in [0.25, 0.3) is 0 Å². The third kappa shape index (κ3) is 12.2. The van der Waals surface area contributed by atoms with Crippen molar-refractivity contribution in [2.75, 3.05) is 13.7 Å². The number of hydrogen-bond donors (Lipinski definition) is 0. The molecule has 2 fully saturated rings. The van der Waals surface area contributed by atoms with E-state index in [4.69, 9.17) is 47.4 Å². The Labute approximate surface area is 323 Å². The van der Waals surface area contributed by atoms with Crippen LogP contribution in [0.15, 0.2) is 48.8 Å². The highest BCUT2D eigenvalue weighted by Crippen LogP contribution is 2.40. The summed E-state index contributed by atoms with van der Waals surface area (Å²) in [5, 5.41) is 0. The predicted molar refractivity (Wildman–Crippen MR) is 189 cm³/mol. The smallest absolute Gasteiger partial charge is 0.337 e. The van der Waals surface area contributed by atoms with Crippen molar-refractivity contribution in [2.24, 2.45) is 11.8 Å². The number of ether oxygens (including phenoxy) is 10. The molecule has 0 N–H and O–H groups in total. The van der Waals surface area contributed by atoms with Gasteiger partial charge in [-0.1, -0.05) is 18.2 Å². The van der Waals surface area contributed by atoms with Gasteiger partial charge in [-0.15, -0.1) is 6.58 Å². The van der Waals surface area contributed by atoms with Gasteiger partial charge in [0.2, 0.25) is 12.6 Å². The molecule has 1 aromatic rings. The zero-order valence-electron chi connectivity index (χ0n) is 32.1. The Bertz CT molecular complexity index is 1650. The number of Topliss-reactive ketones (excluding diaryl/α,β-unsaturated/α-hetero) is 1. The van der Waals surface area contributed by atoms with Crippen LogP contribution < -0.4 is 4.74 Å². The van der Waals surface area contributed by atoms with Crippen LogP contribution in [0.1, 0.15) is 65.9 Å². The minimum absolute atomic E-state index is 0.0208. The number of benzene rings is 1. The number of carbonyl (C=O) groups is 7. The van der Waals surface area contributed by atoms with E-state index < -0.39 is 103 Å². The number of ketones is 1. The molecule has 3 aliphatic rings. The zero-order valence-corrected chi connectivity index (χ0v) is 32.1. The number of rotatable bonds is 15. The first-order chi connectivity index (χ1) is 26.6. The Balaban J connectivity index is 1.58. The van der Waals surface area contributed by atoms with E-state index in [1.54, 1.807) is 12.1 Å². The molecule has 3 heterocycles. The summed E-state index contributed by atoms with van der Waals surface area (Å²) >= 11 is 0. The standard InChI is InChI=1S/C39H48O17/c1-8-30-31(17-29-16-26(45)15-28(54-29)14-11-25-9-12-27(13-10-25)50-21(3)41)32(37(46)47-7)18-49-38(30)56-39-36(53-24(6)44)35(52-23(5)43)34(51-22(4)42)33(55-39)19-48-20(2)40/h8-10,12-13,18,28-31,33-36,38-39H,1,11,14-17,19H2,2-7H3/t28-,29+,30+,31-,33+,34+,35-,36+,38-,39-/m0/s1. The first-order valence-electron chi connectivity index (χ1n) is 18.0. The predicted octanol–water partition coefficient (Wildman–Crippen LogP) is 2.98. The molecular weight excluding hydrogens is 740 g/mol. The molecule has 0 saturated carbocycles. The summed E-state index contributed by atoms with van der Waals surface area (Å²) in [6.45, 7) is 9.24. The average molecular weight is 789 g/mol. The van der Waals surface area contributed by atoms with Gasteiger partial charge in [-0.05, 0) is 37.0 Å². The van der Waals surface area contributed by atoms with Gasteiger partial charge >= 0.3 is 35.8 Å². The van der Waals surface area contributed by atoms with Crippen molar-refractivity contribution >= 4 is 41.6 Å². The Morgan fingerprint density at radius 1 is 0.786 bits per heavy atom. The van der Waals surface area contributed by atoms with Crippen LogP contribution in [0.3, 0.4) is 0 Å². The van der Waals surface area contributed by atoms with Crippen LogP contribution in [0.2, 0.25) is 0 Å². The second kappa shape index (κ2) is 20.2. The molecule has 4 rings (SSSR count). The van der Waals surface area contributed by atoms with E-state index in [0.29, 0.717) is 18.6 Å². The van der Waals surface area contributed by atoms with Crippen LogP contribution in [-0.2, 0) is 82.6 Å². The topological polar surface area (TPSA) is 212 Å². The van der Waals surface area contributed by atoms with E-state index in [9.17, 15) is 33.6 Å². The molecule has 0 amide bonds. The van der Waals surface area contributed by atoms with Crippen LogP contribution in [0.25, 0.3) is 0 Å². The number of methoxy groups -OCH3 is 1. The van der Waals surface area contributed by atoms with Crippen LogP contribution in [0.5, 0.6) is 5.75 Å². The maximum absolute atomic E-state index is 13.1. The summed E-state index contributed by atoms with van der Waals surface area (Å²) in [5.41, 5.74) is 1.07. The molecule has 10 atom stereocenters. The molecule has 3 aliphatic heterocycles. The molecule has 0 spiro atoms. The summed E-state index contributed by atoms with van der Waals surface area (Å²) < 4.78 is 56.5. The molecule has 306 valence electrons. The van der Waals surface area contributed by atoms with E-state index >= 15 is 0 Å². The second-order valence-corrected chi connectivity index (χ2v) is 13.5. The van der Waals surface area contributed by atoms with Gasteiger partial charge in [-0.25, -0.2) is 4.79 Å². The van der Waals surface area contributed by atoms with Crippen molar-refractivity contribution in [3.63, 3.8) is 0 Å². The highest BCUT2D eigenvalue weighted by atomic mass is 16.8. The molecule has 17 heteroatoms. The summed E-state index contributed by atoms with van der Waals surface area (Å²) in [6, 6.07) is 7.04. The molecule has 0 unspecified atom stereocenters. The molecule has 0 aliphatic carbocycles. The van der Waals surface area contributed by atoms with Crippen LogP contribution in [0.4, 0.5) is 0 Å². The molecular formula is C39H48O17. The molecule has 17 nitrogen and oxygen atoms in total. The highest BCUT2D eigenvalue weighted by Gasteiger charge is 2.54. The van der Waals surface area contributed by atoms with E-state index in [1.165, 1.54) is 20.1 Å². The largest absolute Gasteiger partial charge is 0.471 e. The molecule has 1 aromatic carbocycles. The number of hydrogen-bond acceptors (Lipinski definition) is 17. The summed E-state index contributed by atoms with van der Waals surface area (Å²) in [5.74, 6) is -5.44. The Kier molecular flexibility index (Phi) is 15.7. The quantitative estimate of drug-likeness (QED) is 0.108. The van der Waals surface area contributed by atoms with Gasteiger partial charge in [0.1, 0.15) is 24.2 Å². The van der Waals surface area contributed by atoms with Gasteiger partial charge in [-0.3, -0.25) is 28.8 Å². The number of aryl methyl sites for hydroxylation is 1. The lowest BCUT2D eigenvalue weighted by Crippen LogP contribution is -2.63. The lowest BCUT2D eigenvalue weighted by atomic mass is 9.78. The third-order valence-corrected chi connectivity index (χ3v) is 9.17. The van der Waals surface area contributed by atoms with Gasteiger partial charge in [-0.2, -0.15) is 0 Å². The van der Waals surface area contributed by atoms with Crippen molar-refractivity contribution in [1.82, 2.24) is 0 Å². The maximum atomic E-state index is 13.1. The minimum atomic E-state index is -1.59. The van der Waals surface area contributed by atoms with Crippen LogP contribution in [0, 0.1) is 11.8 Å². The fraction of sp³-hybridized carbons (Fsp3) is 0.564. The van der Waals surface area contributed by atoms with Crippen LogP contribution in [-0.4, -0.2) is 105 Å². The Morgan fingerprint density at radius 2 is 1.41 bits per heavy atom. The summed E-state index contributed by atoms with van der Waals surface area (Å²) in [6.07, 6.45) is -5.49. The normalized spacial score (nSPS) is 28.7. The maximum Gasteiger partial charge on any atom is 0.337 e. The number of esters is 6. The molecule has 0 bridgehead atoms. The van der Waals surface area contributed by atoms with E-state index in [1.807, 2.05) is 12.1 Å². The third-order valence-electron chi connectivity index (χ3n) is 9.17. The Morgan fingerprint density at radius 3 is 2.00 bits per heavy atom. The monoisotopic (exact) mass is 788 g/mol. The van der Waals surface area contributed by atoms with Crippen molar-refractivity contribution in [3.8, 4) is 5.75 Å². The van der Waals surface area contributed by atoms with Crippen molar-refractivity contribution in [2.45, 2.75) is 116 Å². The van der Waals surface area contributed by atoms with Gasteiger partial charge in [0, 0.05) is 59.3 Å². The molecule has 2 saturated heterocycles. The summed E-state index contributed by atoms with van der Waals surface area (Å²) in [4.78, 5) is 85.9. The molecule has 0 radical (unpaired) electrons. The first-order valence-corrected chi connectivity index (χ1v) is 18.0. The fourth-order valence-electron chi connectivity index (χ4n) is 6.92. The average Bonchev–Trinajstić information content (AvgIpc) is 3.11. The van der Waals surface area contributed by atoms with Crippen LogP contribution >= 0.6 is 0 Å². The van der Waals surface area contributed by atoms with Gasteiger partial charge < -0.3 is 47.4 Å². The first kappa shape index (κ1) is 43.6. The van der Waals surface area contributed by atoms with Crippen molar-refractivity contribution < 1.29 is 80.9 Å². The highest BCUT2D eigenvalue weighted by molar-refractivity contribution is 5.89. The Hall–Kier alpha value is -5.13. The van der Waals surface area contributed by atoms with E-state index in [-0.39, 0.29) is 30.6 Å². The lowest BCUT2D eigenvalue weighted by Gasteiger charge is -2.46. The minimum Gasteiger partial charge on any atom is -0.471 e. The fourth-order valence-corrected chi connectivity index (χ4v) is 6.92. The van der Waals surface area contributed by atoms with E-state index in [0.717, 1.165) is 39.5 Å².